The second-order valence-corrected chi connectivity index (χ2v) is 8.74. The van der Waals surface area contributed by atoms with Crippen LogP contribution in [0.1, 0.15) is 69.1 Å². The topological polar surface area (TPSA) is 29.4 Å². The van der Waals surface area contributed by atoms with Crippen molar-refractivity contribution in [3.8, 4) is 0 Å². The summed E-state index contributed by atoms with van der Waals surface area (Å²) in [6.07, 6.45) is 10.3. The molecule has 0 aliphatic heterocycles. The van der Waals surface area contributed by atoms with Gasteiger partial charge in [-0.2, -0.15) is 0 Å². The molecule has 3 rings (SSSR count). The summed E-state index contributed by atoms with van der Waals surface area (Å²) in [5, 5.41) is 0. The second-order valence-electron chi connectivity index (χ2n) is 8.33. The normalized spacial score (nSPS) is 23.7. The monoisotopic (exact) mass is 354 g/mol. The van der Waals surface area contributed by atoms with Gasteiger partial charge in [-0.25, -0.2) is 0 Å². The van der Waals surface area contributed by atoms with Crippen LogP contribution in [0, 0.1) is 0 Å². The highest BCUT2D eigenvalue weighted by Crippen LogP contribution is 2.46. The predicted octanol–water partition coefficient (Wildman–Crippen LogP) is 5.71. The first kappa shape index (κ1) is 18.1. The summed E-state index contributed by atoms with van der Waals surface area (Å²) in [5.74, 6) is 0. The highest BCUT2D eigenvalue weighted by atomic mass is 35.5. The first-order valence-electron chi connectivity index (χ1n) is 8.85. The molecule has 0 heterocycles. The van der Waals surface area contributed by atoms with E-state index < -0.39 is 5.50 Å². The minimum atomic E-state index is -0.416. The first-order valence-corrected chi connectivity index (χ1v) is 9.29. The molecule has 1 atom stereocenters. The lowest BCUT2D eigenvalue weighted by Crippen LogP contribution is -2.33. The van der Waals surface area contributed by atoms with Crippen molar-refractivity contribution in [2.45, 2.75) is 63.3 Å². The van der Waals surface area contributed by atoms with Crippen LogP contribution >= 0.6 is 11.6 Å². The number of hydrogen-bond donors (Lipinski definition) is 0. The average molecular weight is 355 g/mol. The van der Waals surface area contributed by atoms with E-state index in [2.05, 4.69) is 50.9 Å². The van der Waals surface area contributed by atoms with Crippen molar-refractivity contribution in [3.05, 3.63) is 58.7 Å². The molecule has 0 bridgehead atoms. The number of benzene rings is 1. The quantitative estimate of drug-likeness (QED) is 0.505. The lowest BCUT2D eigenvalue weighted by Gasteiger charge is -2.42. The molecule has 0 saturated carbocycles. The van der Waals surface area contributed by atoms with Crippen LogP contribution in [-0.2, 0) is 15.6 Å². The molecular weight excluding hydrogens is 330 g/mol. The number of aliphatic imine (C=N–C) groups is 1. The van der Waals surface area contributed by atoms with Gasteiger partial charge in [-0.1, -0.05) is 63.6 Å². The Balaban J connectivity index is 1.91. The van der Waals surface area contributed by atoms with Gasteiger partial charge in [0.15, 0.2) is 0 Å². The van der Waals surface area contributed by atoms with Gasteiger partial charge in [0.1, 0.15) is 5.50 Å². The molecule has 3 heteroatoms. The number of nitrogens with zero attached hydrogens (tertiary/aromatic N) is 1. The Morgan fingerprint density at radius 1 is 1.08 bits per heavy atom. The first-order chi connectivity index (χ1) is 11.7. The number of carbonyl (C=O) groups excluding carboxylic acids is 1. The number of allylic oxidation sites excluding steroid dienone is 4. The van der Waals surface area contributed by atoms with Crippen molar-refractivity contribution in [2.75, 3.05) is 0 Å². The van der Waals surface area contributed by atoms with Crippen molar-refractivity contribution in [3.63, 3.8) is 0 Å². The Morgan fingerprint density at radius 3 is 2.36 bits per heavy atom. The van der Waals surface area contributed by atoms with Crippen LogP contribution in [0.25, 0.3) is 0 Å². The van der Waals surface area contributed by atoms with E-state index in [9.17, 15) is 4.79 Å². The lowest BCUT2D eigenvalue weighted by molar-refractivity contribution is 0.331. The van der Waals surface area contributed by atoms with E-state index in [1.165, 1.54) is 24.0 Å². The molecule has 1 radical (unpaired) electrons. The van der Waals surface area contributed by atoms with Crippen LogP contribution in [-0.4, -0.2) is 12.0 Å². The zero-order chi connectivity index (χ0) is 18.2. The van der Waals surface area contributed by atoms with Crippen molar-refractivity contribution in [2.24, 2.45) is 4.99 Å². The SMILES string of the molecule is CC1(C)CCC(C)(C)c2cc(C(Cl)N=C3C=CC([C]=O)=CC3)ccc21. The predicted molar refractivity (Wildman–Crippen MR) is 105 cm³/mol. The number of fused-ring (bicyclic) bond motifs is 1. The van der Waals surface area contributed by atoms with E-state index in [1.807, 2.05) is 18.4 Å². The van der Waals surface area contributed by atoms with Crippen LogP contribution < -0.4 is 0 Å². The Hall–Kier alpha value is -1.67. The molecule has 1 aromatic carbocycles. The van der Waals surface area contributed by atoms with Gasteiger partial charge in [0.25, 0.3) is 0 Å². The zero-order valence-electron chi connectivity index (χ0n) is 15.4. The Bertz CT molecular complexity index is 783. The third-order valence-corrected chi connectivity index (χ3v) is 5.88. The summed E-state index contributed by atoms with van der Waals surface area (Å²) in [6.45, 7) is 9.26. The minimum Gasteiger partial charge on any atom is -0.285 e. The van der Waals surface area contributed by atoms with Crippen LogP contribution in [0.3, 0.4) is 0 Å². The van der Waals surface area contributed by atoms with Crippen molar-refractivity contribution < 1.29 is 4.79 Å². The van der Waals surface area contributed by atoms with Crippen LogP contribution in [0.4, 0.5) is 0 Å². The van der Waals surface area contributed by atoms with E-state index in [1.54, 1.807) is 6.08 Å². The minimum absolute atomic E-state index is 0.160. The number of halogens is 1. The van der Waals surface area contributed by atoms with E-state index in [0.717, 1.165) is 11.3 Å². The van der Waals surface area contributed by atoms with Crippen molar-refractivity contribution in [1.82, 2.24) is 0 Å². The van der Waals surface area contributed by atoms with Crippen molar-refractivity contribution >= 4 is 23.6 Å². The molecular formula is C22H25ClNO. The average Bonchev–Trinajstić information content (AvgIpc) is 2.59. The summed E-state index contributed by atoms with van der Waals surface area (Å²) < 4.78 is 0. The smallest absolute Gasteiger partial charge is 0.233 e. The van der Waals surface area contributed by atoms with E-state index >= 15 is 0 Å². The molecule has 2 nitrogen and oxygen atoms in total. The molecule has 0 amide bonds. The Labute approximate surface area is 155 Å². The molecule has 131 valence electrons. The van der Waals surface area contributed by atoms with Gasteiger partial charge in [-0.05, 0) is 52.5 Å². The van der Waals surface area contributed by atoms with Gasteiger partial charge in [0.2, 0.25) is 6.29 Å². The maximum atomic E-state index is 10.6. The molecule has 25 heavy (non-hydrogen) atoms. The largest absolute Gasteiger partial charge is 0.285 e. The number of alkyl halides is 1. The molecule has 0 aromatic heterocycles. The van der Waals surface area contributed by atoms with E-state index in [4.69, 9.17) is 11.6 Å². The molecule has 0 saturated heterocycles. The molecule has 0 spiro atoms. The van der Waals surface area contributed by atoms with E-state index in [0.29, 0.717) is 12.0 Å². The Kier molecular flexibility index (Phi) is 4.76. The molecule has 1 unspecified atom stereocenters. The van der Waals surface area contributed by atoms with Crippen LogP contribution in [0.5, 0.6) is 0 Å². The molecule has 1 aromatic rings. The fraction of sp³-hybridized carbons (Fsp3) is 0.455. The highest BCUT2D eigenvalue weighted by Gasteiger charge is 2.37. The number of rotatable bonds is 3. The third kappa shape index (κ3) is 3.64. The van der Waals surface area contributed by atoms with Crippen LogP contribution in [0.2, 0.25) is 0 Å². The summed E-state index contributed by atoms with van der Waals surface area (Å²) in [7, 11) is 0. The summed E-state index contributed by atoms with van der Waals surface area (Å²) >= 11 is 6.60. The van der Waals surface area contributed by atoms with Gasteiger partial charge in [0.05, 0.1) is 0 Å². The molecule has 2 aliphatic carbocycles. The van der Waals surface area contributed by atoms with Gasteiger partial charge < -0.3 is 0 Å². The lowest BCUT2D eigenvalue weighted by atomic mass is 9.63. The zero-order valence-corrected chi connectivity index (χ0v) is 16.2. The maximum absolute atomic E-state index is 10.6. The summed E-state index contributed by atoms with van der Waals surface area (Å²) in [5.41, 5.74) is 5.26. The summed E-state index contributed by atoms with van der Waals surface area (Å²) in [4.78, 5) is 15.3. The second kappa shape index (κ2) is 6.57. The fourth-order valence-corrected chi connectivity index (χ4v) is 3.94. The Morgan fingerprint density at radius 2 is 1.76 bits per heavy atom. The molecule has 2 aliphatic rings. The highest BCUT2D eigenvalue weighted by molar-refractivity contribution is 6.21. The molecule has 0 N–H and O–H groups in total. The molecule has 0 fully saturated rings. The van der Waals surface area contributed by atoms with E-state index in [-0.39, 0.29) is 10.8 Å². The number of hydrogen-bond acceptors (Lipinski definition) is 2. The summed E-state index contributed by atoms with van der Waals surface area (Å²) in [6, 6.07) is 6.58. The van der Waals surface area contributed by atoms with Gasteiger partial charge in [0, 0.05) is 17.7 Å². The standard InChI is InChI=1S/C22H25ClNO/c1-21(2)11-12-22(3,4)19-13-16(7-10-18(19)21)20(23)24-17-8-5-15(14-25)6-9-17/h5-8,10,13,20H,9,11-12H2,1-4H3. The van der Waals surface area contributed by atoms with Crippen LogP contribution in [0.15, 0.2) is 47.0 Å². The van der Waals surface area contributed by atoms with Gasteiger partial charge >= 0.3 is 0 Å². The third-order valence-electron chi connectivity index (χ3n) is 5.54. The maximum Gasteiger partial charge on any atom is 0.233 e. The van der Waals surface area contributed by atoms with Crippen molar-refractivity contribution in [1.29, 1.82) is 0 Å². The van der Waals surface area contributed by atoms with Gasteiger partial charge in [-0.3, -0.25) is 9.79 Å². The van der Waals surface area contributed by atoms with Gasteiger partial charge in [-0.15, -0.1) is 0 Å². The fourth-order valence-electron chi connectivity index (χ4n) is 3.68.